The molecule has 4 rings (SSSR count). The van der Waals surface area contributed by atoms with Gasteiger partial charge in [-0.2, -0.15) is 0 Å². The molecule has 220 valence electrons. The molecule has 0 radical (unpaired) electrons. The van der Waals surface area contributed by atoms with Crippen molar-refractivity contribution in [2.24, 2.45) is 0 Å². The molecule has 2 aliphatic heterocycles. The Morgan fingerprint density at radius 3 is 2.61 bits per heavy atom. The first kappa shape index (κ1) is 29.9. The number of aromatic hydroxyl groups is 1. The maximum Gasteiger partial charge on any atom is 0.255 e. The number of likely N-dealkylation sites (tertiary alicyclic amines) is 1. The van der Waals surface area contributed by atoms with E-state index in [1.165, 1.54) is 12.1 Å². The topological polar surface area (TPSA) is 146 Å². The van der Waals surface area contributed by atoms with Gasteiger partial charge >= 0.3 is 0 Å². The van der Waals surface area contributed by atoms with E-state index in [1.807, 2.05) is 0 Å². The third kappa shape index (κ3) is 8.20. The number of para-hydroxylation sites is 1. The maximum atomic E-state index is 13.7. The first-order valence-electron chi connectivity index (χ1n) is 14.0. The van der Waals surface area contributed by atoms with Crippen LogP contribution in [-0.4, -0.2) is 85.2 Å². The summed E-state index contributed by atoms with van der Waals surface area (Å²) in [5.74, 6) is -1.03. The van der Waals surface area contributed by atoms with Crippen molar-refractivity contribution in [1.29, 1.82) is 0 Å². The molecule has 1 saturated heterocycles. The van der Waals surface area contributed by atoms with Crippen molar-refractivity contribution < 1.29 is 33.8 Å². The van der Waals surface area contributed by atoms with E-state index in [2.05, 4.69) is 16.0 Å². The first-order chi connectivity index (χ1) is 19.9. The first-order valence-corrected chi connectivity index (χ1v) is 14.0. The number of methoxy groups -OCH3 is 1. The smallest absolute Gasteiger partial charge is 0.255 e. The fourth-order valence-electron chi connectivity index (χ4n) is 5.17. The Bertz CT molecular complexity index is 1220. The molecule has 2 heterocycles. The second kappa shape index (κ2) is 14.5. The average Bonchev–Trinajstić information content (AvgIpc) is 3.43. The van der Waals surface area contributed by atoms with E-state index < -0.39 is 23.9 Å². The Kier molecular flexibility index (Phi) is 10.6. The lowest BCUT2D eigenvalue weighted by Crippen LogP contribution is -2.52. The van der Waals surface area contributed by atoms with E-state index in [9.17, 15) is 24.3 Å². The van der Waals surface area contributed by atoms with E-state index in [-0.39, 0.29) is 55.0 Å². The Labute approximate surface area is 239 Å². The molecule has 4 amide bonds. The standard InChI is InChI=1S/C30H38N4O7/c1-40-19-21-6-4-16-34(21)30(39)24-13-14-27(36)32-25(18-20-9-11-22(35)12-10-20)29(38)31-15-5-17-41-26-8-3-2-7-23(26)28(37)33-24/h2-3,7-12,21,24-25,35H,4-6,13-19H2,1H3,(H,31,38)(H,32,36)(H,33,37)/t21-,24-,25-/m0/s1. The van der Waals surface area contributed by atoms with Crippen molar-refractivity contribution in [2.45, 2.75) is 56.7 Å². The summed E-state index contributed by atoms with van der Waals surface area (Å²) in [4.78, 5) is 54.9. The number of ether oxygens (including phenoxy) is 2. The van der Waals surface area contributed by atoms with E-state index >= 15 is 0 Å². The number of fused-ring (bicyclic) bond motifs is 1. The van der Waals surface area contributed by atoms with Gasteiger partial charge < -0.3 is 35.4 Å². The molecule has 11 nitrogen and oxygen atoms in total. The molecule has 4 N–H and O–H groups in total. The van der Waals surface area contributed by atoms with Crippen LogP contribution in [0.1, 0.15) is 48.0 Å². The second-order valence-corrected chi connectivity index (χ2v) is 10.3. The summed E-state index contributed by atoms with van der Waals surface area (Å²) < 4.78 is 11.2. The van der Waals surface area contributed by atoms with Crippen molar-refractivity contribution in [2.75, 3.05) is 33.4 Å². The fourth-order valence-corrected chi connectivity index (χ4v) is 5.17. The van der Waals surface area contributed by atoms with Gasteiger partial charge in [-0.3, -0.25) is 19.2 Å². The third-order valence-corrected chi connectivity index (χ3v) is 7.32. The number of nitrogens with one attached hydrogen (secondary N) is 3. The predicted octanol–water partition coefficient (Wildman–Crippen LogP) is 1.53. The van der Waals surface area contributed by atoms with Gasteiger partial charge in [0.2, 0.25) is 17.7 Å². The van der Waals surface area contributed by atoms with Crippen LogP contribution in [0.5, 0.6) is 11.5 Å². The second-order valence-electron chi connectivity index (χ2n) is 10.3. The van der Waals surface area contributed by atoms with Crippen molar-refractivity contribution in [3.05, 3.63) is 59.7 Å². The molecule has 0 spiro atoms. The highest BCUT2D eigenvalue weighted by Crippen LogP contribution is 2.22. The van der Waals surface area contributed by atoms with E-state index in [4.69, 9.17) is 9.47 Å². The lowest BCUT2D eigenvalue weighted by atomic mass is 10.0. The number of nitrogens with zero attached hydrogens (tertiary/aromatic N) is 1. The summed E-state index contributed by atoms with van der Waals surface area (Å²) >= 11 is 0. The van der Waals surface area contributed by atoms with Gasteiger partial charge in [-0.1, -0.05) is 24.3 Å². The number of phenolic OH excluding ortho intramolecular Hbond substituents is 1. The minimum absolute atomic E-state index is 0.0448. The molecule has 2 aromatic carbocycles. The number of hydrogen-bond donors (Lipinski definition) is 4. The third-order valence-electron chi connectivity index (χ3n) is 7.32. The van der Waals surface area contributed by atoms with E-state index in [1.54, 1.807) is 48.4 Å². The summed E-state index contributed by atoms with van der Waals surface area (Å²) in [6, 6.07) is 11.3. The molecule has 0 aromatic heterocycles. The van der Waals surface area contributed by atoms with Crippen molar-refractivity contribution in [3.8, 4) is 11.5 Å². The van der Waals surface area contributed by atoms with E-state index in [0.717, 1.165) is 18.4 Å². The molecule has 0 bridgehead atoms. The molecule has 0 saturated carbocycles. The van der Waals surface area contributed by atoms with Crippen molar-refractivity contribution in [3.63, 3.8) is 0 Å². The highest BCUT2D eigenvalue weighted by molar-refractivity contribution is 6.00. The molecule has 41 heavy (non-hydrogen) atoms. The Hall–Kier alpha value is -4.12. The molecule has 0 aliphatic carbocycles. The van der Waals surface area contributed by atoms with Crippen molar-refractivity contribution >= 4 is 23.6 Å². The van der Waals surface area contributed by atoms with Gasteiger partial charge in [-0.15, -0.1) is 0 Å². The summed E-state index contributed by atoms with van der Waals surface area (Å²) in [7, 11) is 1.58. The zero-order valence-electron chi connectivity index (χ0n) is 23.3. The molecule has 0 unspecified atom stereocenters. The fraction of sp³-hybridized carbons (Fsp3) is 0.467. The highest BCUT2D eigenvalue weighted by Gasteiger charge is 2.35. The highest BCUT2D eigenvalue weighted by atomic mass is 16.5. The van der Waals surface area contributed by atoms with Crippen LogP contribution in [0.3, 0.4) is 0 Å². The van der Waals surface area contributed by atoms with Crippen LogP contribution in [0.4, 0.5) is 0 Å². The Morgan fingerprint density at radius 1 is 1.05 bits per heavy atom. The molecule has 2 aliphatic rings. The number of amides is 4. The molecule has 11 heteroatoms. The summed E-state index contributed by atoms with van der Waals surface area (Å²) in [5.41, 5.74) is 1.05. The molecular formula is C30H38N4O7. The number of rotatable bonds is 5. The van der Waals surface area contributed by atoms with Crippen LogP contribution in [0, 0.1) is 0 Å². The van der Waals surface area contributed by atoms with Crippen molar-refractivity contribution in [1.82, 2.24) is 20.9 Å². The maximum absolute atomic E-state index is 13.7. The van der Waals surface area contributed by atoms with Gasteiger partial charge in [0.15, 0.2) is 0 Å². The van der Waals surface area contributed by atoms with Gasteiger partial charge in [0.1, 0.15) is 23.6 Å². The minimum Gasteiger partial charge on any atom is -0.508 e. The average molecular weight is 567 g/mol. The van der Waals surface area contributed by atoms with Gasteiger partial charge in [-0.05, 0) is 55.5 Å². The van der Waals surface area contributed by atoms with Gasteiger partial charge in [0.05, 0.1) is 24.8 Å². The Morgan fingerprint density at radius 2 is 1.83 bits per heavy atom. The van der Waals surface area contributed by atoms with Gasteiger partial charge in [-0.25, -0.2) is 0 Å². The zero-order valence-corrected chi connectivity index (χ0v) is 23.3. The minimum atomic E-state index is -0.962. The summed E-state index contributed by atoms with van der Waals surface area (Å²) in [5, 5.41) is 18.1. The predicted molar refractivity (Wildman–Crippen MR) is 150 cm³/mol. The SMILES string of the molecule is COC[C@@H]1CCCN1C(=O)[C@@H]1CCC(=O)N[C@@H](Cc2ccc(O)cc2)C(=O)NCCCOc2ccccc2C(=O)N1. The molecule has 2 aromatic rings. The Balaban J connectivity index is 1.56. The van der Waals surface area contributed by atoms with Crippen LogP contribution < -0.4 is 20.7 Å². The van der Waals surface area contributed by atoms with Crippen LogP contribution in [-0.2, 0) is 25.5 Å². The van der Waals surface area contributed by atoms with Crippen LogP contribution in [0.15, 0.2) is 48.5 Å². The largest absolute Gasteiger partial charge is 0.508 e. The lowest BCUT2D eigenvalue weighted by Gasteiger charge is -2.29. The summed E-state index contributed by atoms with van der Waals surface area (Å²) in [6.07, 6.45) is 2.27. The zero-order chi connectivity index (χ0) is 29.2. The molecule has 1 fully saturated rings. The number of hydrogen-bond acceptors (Lipinski definition) is 7. The van der Waals surface area contributed by atoms with Gasteiger partial charge in [0, 0.05) is 33.0 Å². The van der Waals surface area contributed by atoms with E-state index in [0.29, 0.717) is 31.9 Å². The van der Waals surface area contributed by atoms with Gasteiger partial charge in [0.25, 0.3) is 5.91 Å². The summed E-state index contributed by atoms with van der Waals surface area (Å²) in [6.45, 7) is 1.48. The normalized spacial score (nSPS) is 22.6. The molecule has 3 atom stereocenters. The number of carbonyl (C=O) groups is 4. The monoisotopic (exact) mass is 566 g/mol. The van der Waals surface area contributed by atoms with Crippen LogP contribution in [0.25, 0.3) is 0 Å². The number of benzene rings is 2. The number of phenols is 1. The number of carbonyl (C=O) groups excluding carboxylic acids is 4. The molecular weight excluding hydrogens is 528 g/mol. The quantitative estimate of drug-likeness (QED) is 0.429. The lowest BCUT2D eigenvalue weighted by molar-refractivity contribution is -0.135. The van der Waals surface area contributed by atoms with Crippen LogP contribution in [0.2, 0.25) is 0 Å². The van der Waals surface area contributed by atoms with Crippen LogP contribution >= 0.6 is 0 Å².